The van der Waals surface area contributed by atoms with Crippen molar-refractivity contribution in [2.75, 3.05) is 26.8 Å². The molecule has 2 aliphatic rings. The normalized spacial score (nSPS) is 19.8. The summed E-state index contributed by atoms with van der Waals surface area (Å²) in [5.74, 6) is -2.24. The summed E-state index contributed by atoms with van der Waals surface area (Å²) in [4.78, 5) is 49.3. The van der Waals surface area contributed by atoms with Crippen LogP contribution in [0.25, 0.3) is 0 Å². The van der Waals surface area contributed by atoms with Crippen LogP contribution in [0.3, 0.4) is 0 Å². The third-order valence-electron chi connectivity index (χ3n) is 3.70. The highest BCUT2D eigenvalue weighted by molar-refractivity contribution is 6.45. The van der Waals surface area contributed by atoms with E-state index in [2.05, 4.69) is 5.32 Å². The highest BCUT2D eigenvalue weighted by atomic mass is 16.5. The lowest BCUT2D eigenvalue weighted by molar-refractivity contribution is -0.144. The molecule has 116 valence electrons. The van der Waals surface area contributed by atoms with Crippen LogP contribution in [0.5, 0.6) is 0 Å². The zero-order valence-corrected chi connectivity index (χ0v) is 12.0. The van der Waals surface area contributed by atoms with Crippen molar-refractivity contribution < 1.29 is 23.9 Å². The highest BCUT2D eigenvalue weighted by Gasteiger charge is 2.48. The SMILES string of the molecule is COCCNC(=O)CN1C(=O)C(=O)N(C2CCCC2)C1=O. The fraction of sp³-hybridized carbons (Fsp3) is 0.692. The Morgan fingerprint density at radius 2 is 1.90 bits per heavy atom. The summed E-state index contributed by atoms with van der Waals surface area (Å²) in [7, 11) is 1.50. The van der Waals surface area contributed by atoms with Crippen LogP contribution in [0.15, 0.2) is 0 Å². The molecule has 1 aliphatic carbocycles. The molecule has 2 rings (SSSR count). The smallest absolute Gasteiger partial charge is 0.334 e. The average Bonchev–Trinajstić information content (AvgIpc) is 3.03. The van der Waals surface area contributed by atoms with E-state index in [0.717, 1.165) is 30.6 Å². The Balaban J connectivity index is 1.97. The molecule has 0 unspecified atom stereocenters. The average molecular weight is 297 g/mol. The third kappa shape index (κ3) is 3.21. The van der Waals surface area contributed by atoms with Gasteiger partial charge >= 0.3 is 17.8 Å². The van der Waals surface area contributed by atoms with Crippen molar-refractivity contribution in [3.8, 4) is 0 Å². The zero-order valence-electron chi connectivity index (χ0n) is 12.0. The number of imide groups is 2. The van der Waals surface area contributed by atoms with Gasteiger partial charge in [0, 0.05) is 19.7 Å². The molecular weight excluding hydrogens is 278 g/mol. The molecule has 1 N–H and O–H groups in total. The summed E-state index contributed by atoms with van der Waals surface area (Å²) in [6.45, 7) is 0.183. The van der Waals surface area contributed by atoms with Crippen LogP contribution in [-0.4, -0.2) is 66.4 Å². The van der Waals surface area contributed by atoms with Crippen molar-refractivity contribution in [2.45, 2.75) is 31.7 Å². The van der Waals surface area contributed by atoms with E-state index in [1.54, 1.807) is 0 Å². The Kier molecular flexibility index (Phi) is 4.89. The van der Waals surface area contributed by atoms with Crippen LogP contribution >= 0.6 is 0 Å². The van der Waals surface area contributed by atoms with Gasteiger partial charge in [-0.2, -0.15) is 0 Å². The first-order valence-electron chi connectivity index (χ1n) is 7.01. The minimum absolute atomic E-state index is 0.212. The summed E-state index contributed by atoms with van der Waals surface area (Å²) in [5.41, 5.74) is 0. The van der Waals surface area contributed by atoms with E-state index in [1.807, 2.05) is 0 Å². The number of hydrogen-bond donors (Lipinski definition) is 1. The van der Waals surface area contributed by atoms with Gasteiger partial charge < -0.3 is 10.1 Å². The van der Waals surface area contributed by atoms with E-state index >= 15 is 0 Å². The standard InChI is InChI=1S/C13H19N3O5/c1-21-7-6-14-10(17)8-15-11(18)12(19)16(13(15)20)9-4-2-3-5-9/h9H,2-8H2,1H3,(H,14,17). The summed E-state index contributed by atoms with van der Waals surface area (Å²) in [5, 5.41) is 2.51. The second-order valence-corrected chi connectivity index (χ2v) is 5.13. The molecule has 1 aliphatic heterocycles. The van der Waals surface area contributed by atoms with Gasteiger partial charge in [-0.15, -0.1) is 0 Å². The first-order valence-corrected chi connectivity index (χ1v) is 7.01. The van der Waals surface area contributed by atoms with Gasteiger partial charge in [0.2, 0.25) is 5.91 Å². The van der Waals surface area contributed by atoms with Crippen LogP contribution in [0.1, 0.15) is 25.7 Å². The number of ether oxygens (including phenoxy) is 1. The molecule has 0 aromatic carbocycles. The van der Waals surface area contributed by atoms with Crippen LogP contribution in [0.4, 0.5) is 4.79 Å². The lowest BCUT2D eigenvalue weighted by atomic mass is 10.2. The second kappa shape index (κ2) is 6.66. The highest BCUT2D eigenvalue weighted by Crippen LogP contribution is 2.27. The number of rotatable bonds is 6. The Bertz CT molecular complexity index is 459. The van der Waals surface area contributed by atoms with Crippen LogP contribution < -0.4 is 5.32 Å². The van der Waals surface area contributed by atoms with Gasteiger partial charge in [-0.25, -0.2) is 9.69 Å². The molecule has 21 heavy (non-hydrogen) atoms. The monoisotopic (exact) mass is 297 g/mol. The first kappa shape index (κ1) is 15.4. The molecule has 2 fully saturated rings. The van der Waals surface area contributed by atoms with Crippen LogP contribution in [0, 0.1) is 0 Å². The number of nitrogens with one attached hydrogen (secondary N) is 1. The zero-order chi connectivity index (χ0) is 15.4. The van der Waals surface area contributed by atoms with E-state index in [0.29, 0.717) is 11.5 Å². The first-order chi connectivity index (χ1) is 10.1. The number of methoxy groups -OCH3 is 1. The maximum Gasteiger partial charge on any atom is 0.334 e. The van der Waals surface area contributed by atoms with Crippen molar-refractivity contribution in [3.05, 3.63) is 0 Å². The molecule has 0 aromatic rings. The number of urea groups is 1. The Morgan fingerprint density at radius 3 is 2.52 bits per heavy atom. The van der Waals surface area contributed by atoms with Crippen LogP contribution in [0.2, 0.25) is 0 Å². The molecule has 1 saturated carbocycles. The topological polar surface area (TPSA) is 96.0 Å². The van der Waals surface area contributed by atoms with Crippen molar-refractivity contribution >= 4 is 23.8 Å². The van der Waals surface area contributed by atoms with E-state index in [1.165, 1.54) is 7.11 Å². The number of hydrogen-bond acceptors (Lipinski definition) is 5. The Hall–Kier alpha value is -1.96. The van der Waals surface area contributed by atoms with Crippen molar-refractivity contribution in [2.24, 2.45) is 0 Å². The predicted molar refractivity (Wildman–Crippen MR) is 71.1 cm³/mol. The van der Waals surface area contributed by atoms with Crippen LogP contribution in [-0.2, 0) is 19.1 Å². The van der Waals surface area contributed by atoms with E-state index in [4.69, 9.17) is 4.74 Å². The Morgan fingerprint density at radius 1 is 1.24 bits per heavy atom. The lowest BCUT2D eigenvalue weighted by Gasteiger charge is -2.20. The fourth-order valence-corrected chi connectivity index (χ4v) is 2.64. The van der Waals surface area contributed by atoms with E-state index in [-0.39, 0.29) is 12.6 Å². The fourth-order valence-electron chi connectivity index (χ4n) is 2.64. The number of carbonyl (C=O) groups excluding carboxylic acids is 4. The molecule has 8 nitrogen and oxygen atoms in total. The minimum Gasteiger partial charge on any atom is -0.383 e. The van der Waals surface area contributed by atoms with Gasteiger partial charge in [0.05, 0.1) is 6.61 Å². The van der Waals surface area contributed by atoms with E-state index < -0.39 is 30.3 Å². The van der Waals surface area contributed by atoms with Gasteiger partial charge in [0.25, 0.3) is 0 Å². The summed E-state index contributed by atoms with van der Waals surface area (Å²) < 4.78 is 4.78. The van der Waals surface area contributed by atoms with Crippen molar-refractivity contribution in [1.82, 2.24) is 15.1 Å². The van der Waals surface area contributed by atoms with Gasteiger partial charge in [0.1, 0.15) is 6.54 Å². The van der Waals surface area contributed by atoms with Gasteiger partial charge in [-0.3, -0.25) is 19.3 Å². The molecule has 0 bridgehead atoms. The largest absolute Gasteiger partial charge is 0.383 e. The molecule has 0 atom stereocenters. The molecule has 8 heteroatoms. The maximum absolute atomic E-state index is 12.2. The van der Waals surface area contributed by atoms with Gasteiger partial charge in [-0.1, -0.05) is 12.8 Å². The molecule has 0 aromatic heterocycles. The number of nitrogens with zero attached hydrogens (tertiary/aromatic N) is 2. The minimum atomic E-state index is -0.922. The molecule has 5 amide bonds. The summed E-state index contributed by atoms with van der Waals surface area (Å²) >= 11 is 0. The molecular formula is C13H19N3O5. The Labute approximate surface area is 122 Å². The maximum atomic E-state index is 12.2. The quantitative estimate of drug-likeness (QED) is 0.404. The number of amides is 5. The lowest BCUT2D eigenvalue weighted by Crippen LogP contribution is -2.43. The predicted octanol–water partition coefficient (Wildman–Crippen LogP) is -0.518. The molecule has 1 heterocycles. The summed E-state index contributed by atoms with van der Waals surface area (Å²) in [6.07, 6.45) is 3.32. The second-order valence-electron chi connectivity index (χ2n) is 5.13. The molecule has 0 radical (unpaired) electrons. The molecule has 1 saturated heterocycles. The van der Waals surface area contributed by atoms with Crippen molar-refractivity contribution in [1.29, 1.82) is 0 Å². The van der Waals surface area contributed by atoms with E-state index in [9.17, 15) is 19.2 Å². The molecule has 0 spiro atoms. The summed E-state index contributed by atoms with van der Waals surface area (Å²) in [6, 6.07) is -0.894. The van der Waals surface area contributed by atoms with Crippen molar-refractivity contribution in [3.63, 3.8) is 0 Å². The number of carbonyl (C=O) groups is 4. The third-order valence-corrected chi connectivity index (χ3v) is 3.70. The van der Waals surface area contributed by atoms with Gasteiger partial charge in [-0.05, 0) is 12.8 Å². The van der Waals surface area contributed by atoms with Gasteiger partial charge in [0.15, 0.2) is 0 Å².